The van der Waals surface area contributed by atoms with Crippen molar-refractivity contribution >= 4 is 16.9 Å². The third-order valence-electron chi connectivity index (χ3n) is 7.97. The Morgan fingerprint density at radius 1 is 1.12 bits per heavy atom. The molecule has 3 aliphatic rings. The van der Waals surface area contributed by atoms with Gasteiger partial charge in [-0.25, -0.2) is 9.37 Å². The second-order valence-corrected chi connectivity index (χ2v) is 9.94. The molecule has 3 fully saturated rings. The minimum atomic E-state index is -0.300. The molecule has 6 nitrogen and oxygen atoms in total. The molecular formula is C26H28FN3O3. The molecule has 0 unspecified atom stereocenters. The Kier molecular flexibility index (Phi) is 4.91. The second-order valence-electron chi connectivity index (χ2n) is 9.94. The summed E-state index contributed by atoms with van der Waals surface area (Å²) in [7, 11) is 1.59. The monoisotopic (exact) mass is 449 g/mol. The number of halogens is 1. The number of pyridine rings is 1. The molecule has 0 radical (unpaired) electrons. The molecule has 3 atom stereocenters. The Labute approximate surface area is 191 Å². The van der Waals surface area contributed by atoms with Crippen LogP contribution in [0, 0.1) is 23.6 Å². The van der Waals surface area contributed by atoms with E-state index in [0.29, 0.717) is 41.9 Å². The number of fused-ring (bicyclic) bond motifs is 2. The topological polar surface area (TPSA) is 78.5 Å². The molecule has 2 saturated carbocycles. The van der Waals surface area contributed by atoms with Gasteiger partial charge in [-0.3, -0.25) is 4.79 Å². The number of H-pyrrole nitrogens is 1. The maximum absolute atomic E-state index is 14.0. The van der Waals surface area contributed by atoms with Crippen LogP contribution in [0.1, 0.15) is 37.3 Å². The number of benzene rings is 1. The summed E-state index contributed by atoms with van der Waals surface area (Å²) in [4.78, 5) is 22.7. The molecule has 0 bridgehead atoms. The van der Waals surface area contributed by atoms with Crippen LogP contribution < -0.4 is 4.74 Å². The predicted molar refractivity (Wildman–Crippen MR) is 122 cm³/mol. The number of aliphatic hydroxyl groups is 1. The van der Waals surface area contributed by atoms with Crippen molar-refractivity contribution in [3.8, 4) is 16.9 Å². The Morgan fingerprint density at radius 2 is 1.88 bits per heavy atom. The zero-order valence-electron chi connectivity index (χ0n) is 18.6. The van der Waals surface area contributed by atoms with Crippen LogP contribution in [0.3, 0.4) is 0 Å². The SMILES string of the molecule is COc1ccc(F)cc1-c1ccnc2[nH]c([C@H]3C[C@@H]4CN(C(=O)C5CC(O)C5)C[C@@H]4C3)cc12. The van der Waals surface area contributed by atoms with Gasteiger partial charge in [0.1, 0.15) is 17.2 Å². The molecule has 7 heteroatoms. The fourth-order valence-electron chi connectivity index (χ4n) is 6.17. The highest BCUT2D eigenvalue weighted by Crippen LogP contribution is 2.47. The van der Waals surface area contributed by atoms with E-state index in [4.69, 9.17) is 4.74 Å². The van der Waals surface area contributed by atoms with E-state index in [1.165, 1.54) is 12.1 Å². The number of carbonyl (C=O) groups is 1. The first-order chi connectivity index (χ1) is 16.0. The molecule has 1 amide bonds. The van der Waals surface area contributed by atoms with Crippen LogP contribution in [0.25, 0.3) is 22.2 Å². The number of carbonyl (C=O) groups excluding carboxylic acids is 1. The van der Waals surface area contributed by atoms with Gasteiger partial charge in [-0.05, 0) is 79.3 Å². The summed E-state index contributed by atoms with van der Waals surface area (Å²) < 4.78 is 19.5. The van der Waals surface area contributed by atoms with Gasteiger partial charge in [0.05, 0.1) is 13.2 Å². The first-order valence-corrected chi connectivity index (χ1v) is 11.8. The lowest BCUT2D eigenvalue weighted by Gasteiger charge is -2.33. The number of hydrogen-bond donors (Lipinski definition) is 2. The lowest BCUT2D eigenvalue weighted by atomic mass is 9.81. The van der Waals surface area contributed by atoms with Crippen LogP contribution in [0.4, 0.5) is 4.39 Å². The molecule has 3 aromatic rings. The number of nitrogens with one attached hydrogen (secondary N) is 1. The zero-order chi connectivity index (χ0) is 22.7. The maximum atomic E-state index is 14.0. The molecule has 1 saturated heterocycles. The van der Waals surface area contributed by atoms with Crippen molar-refractivity contribution < 1.29 is 19.0 Å². The van der Waals surface area contributed by atoms with Gasteiger partial charge < -0.3 is 19.7 Å². The van der Waals surface area contributed by atoms with Gasteiger partial charge in [0.25, 0.3) is 0 Å². The molecular weight excluding hydrogens is 421 g/mol. The predicted octanol–water partition coefficient (Wildman–Crippen LogP) is 4.10. The number of amides is 1. The van der Waals surface area contributed by atoms with Crippen LogP contribution in [0.5, 0.6) is 5.75 Å². The van der Waals surface area contributed by atoms with Crippen LogP contribution in [-0.4, -0.2) is 52.2 Å². The van der Waals surface area contributed by atoms with Crippen molar-refractivity contribution in [1.82, 2.24) is 14.9 Å². The summed E-state index contributed by atoms with van der Waals surface area (Å²) in [5.74, 6) is 2.02. The largest absolute Gasteiger partial charge is 0.496 e. The molecule has 6 rings (SSSR count). The normalized spacial score (nSPS) is 28.7. The number of rotatable bonds is 4. The van der Waals surface area contributed by atoms with E-state index < -0.39 is 0 Å². The van der Waals surface area contributed by atoms with E-state index in [1.807, 2.05) is 11.0 Å². The van der Waals surface area contributed by atoms with Gasteiger partial charge in [0, 0.05) is 41.8 Å². The van der Waals surface area contributed by atoms with Crippen molar-refractivity contribution in [1.29, 1.82) is 0 Å². The van der Waals surface area contributed by atoms with Gasteiger partial charge in [-0.15, -0.1) is 0 Å². The van der Waals surface area contributed by atoms with E-state index in [9.17, 15) is 14.3 Å². The summed E-state index contributed by atoms with van der Waals surface area (Å²) in [5, 5.41) is 10.5. The molecule has 2 N–H and O–H groups in total. The van der Waals surface area contributed by atoms with Crippen molar-refractivity contribution in [3.63, 3.8) is 0 Å². The fourth-order valence-corrected chi connectivity index (χ4v) is 6.17. The van der Waals surface area contributed by atoms with Crippen LogP contribution in [0.15, 0.2) is 36.5 Å². The van der Waals surface area contributed by atoms with Crippen molar-refractivity contribution in [3.05, 3.63) is 48.0 Å². The minimum Gasteiger partial charge on any atom is -0.496 e. The van der Waals surface area contributed by atoms with Gasteiger partial charge in [-0.1, -0.05) is 0 Å². The Morgan fingerprint density at radius 3 is 2.58 bits per heavy atom. The lowest BCUT2D eigenvalue weighted by molar-refractivity contribution is -0.141. The Bertz CT molecular complexity index is 1200. The maximum Gasteiger partial charge on any atom is 0.225 e. The Balaban J connectivity index is 1.22. The van der Waals surface area contributed by atoms with Gasteiger partial charge in [0.15, 0.2) is 0 Å². The fraction of sp³-hybridized carbons (Fsp3) is 0.462. The summed E-state index contributed by atoms with van der Waals surface area (Å²) in [5.41, 5.74) is 3.58. The minimum absolute atomic E-state index is 0.0210. The number of likely N-dealkylation sites (tertiary alicyclic amines) is 1. The number of nitrogens with zero attached hydrogens (tertiary/aromatic N) is 2. The quantitative estimate of drug-likeness (QED) is 0.629. The summed E-state index contributed by atoms with van der Waals surface area (Å²) >= 11 is 0. The van der Waals surface area contributed by atoms with Crippen molar-refractivity contribution in [2.75, 3.05) is 20.2 Å². The molecule has 1 aromatic carbocycles. The van der Waals surface area contributed by atoms with Crippen molar-refractivity contribution in [2.45, 2.75) is 37.7 Å². The van der Waals surface area contributed by atoms with Gasteiger partial charge in [-0.2, -0.15) is 0 Å². The van der Waals surface area contributed by atoms with Gasteiger partial charge >= 0.3 is 0 Å². The number of aromatic amines is 1. The standard InChI is InChI=1S/C26H28FN3O3/c1-33-24-3-2-18(27)10-21(24)20-4-5-28-25-22(20)11-23(29-25)14-6-16-12-30(13-17(16)7-14)26(32)15-8-19(31)9-15/h2-5,10-11,14-17,19,31H,6-9,12-13H2,1H3,(H,28,29)/t14-,15?,16+,17-,19?. The number of ether oxygens (including phenoxy) is 1. The van der Waals surface area contributed by atoms with Gasteiger partial charge in [0.2, 0.25) is 5.91 Å². The van der Waals surface area contributed by atoms with Crippen molar-refractivity contribution in [2.24, 2.45) is 17.8 Å². The molecule has 33 heavy (non-hydrogen) atoms. The molecule has 2 aromatic heterocycles. The Hall–Kier alpha value is -2.93. The first-order valence-electron chi connectivity index (χ1n) is 11.8. The van der Waals surface area contributed by atoms with E-state index >= 15 is 0 Å². The third kappa shape index (κ3) is 3.50. The highest BCUT2D eigenvalue weighted by molar-refractivity contribution is 5.95. The molecule has 3 heterocycles. The first kappa shape index (κ1) is 20.7. The van der Waals surface area contributed by atoms with E-state index in [1.54, 1.807) is 19.4 Å². The molecule has 2 aliphatic carbocycles. The van der Waals surface area contributed by atoms with Crippen LogP contribution >= 0.6 is 0 Å². The zero-order valence-corrected chi connectivity index (χ0v) is 18.6. The second kappa shape index (κ2) is 7.83. The average molecular weight is 450 g/mol. The highest BCUT2D eigenvalue weighted by atomic mass is 19.1. The summed E-state index contributed by atoms with van der Waals surface area (Å²) in [6.45, 7) is 1.66. The van der Waals surface area contributed by atoms with Crippen LogP contribution in [-0.2, 0) is 4.79 Å². The summed E-state index contributed by atoms with van der Waals surface area (Å²) in [6, 6.07) is 8.63. The molecule has 0 spiro atoms. The number of aliphatic hydroxyl groups excluding tert-OH is 1. The van der Waals surface area contributed by atoms with Crippen LogP contribution in [0.2, 0.25) is 0 Å². The molecule has 1 aliphatic heterocycles. The number of methoxy groups -OCH3 is 1. The van der Waals surface area contributed by atoms with E-state index in [0.717, 1.165) is 48.2 Å². The highest BCUT2D eigenvalue weighted by Gasteiger charge is 2.45. The van der Waals surface area contributed by atoms with E-state index in [-0.39, 0.29) is 23.7 Å². The average Bonchev–Trinajstić information content (AvgIpc) is 3.48. The lowest BCUT2D eigenvalue weighted by Crippen LogP contribution is -2.43. The summed E-state index contributed by atoms with van der Waals surface area (Å²) in [6.07, 6.45) is 4.78. The van der Waals surface area contributed by atoms with E-state index in [2.05, 4.69) is 16.0 Å². The number of hydrogen-bond acceptors (Lipinski definition) is 4. The molecule has 172 valence electrons. The smallest absolute Gasteiger partial charge is 0.225 e. The number of aromatic nitrogens is 2. The third-order valence-corrected chi connectivity index (χ3v) is 7.97.